The molecule has 0 saturated carbocycles. The van der Waals surface area contributed by atoms with Crippen LogP contribution in [0, 0.1) is 0 Å². The Morgan fingerprint density at radius 2 is 1.81 bits per heavy atom. The van der Waals surface area contributed by atoms with Gasteiger partial charge in [0.1, 0.15) is 0 Å². The fraction of sp³-hybridized carbons (Fsp3) is 0.368. The van der Waals surface area contributed by atoms with Crippen LogP contribution in [0.25, 0.3) is 0 Å². The highest BCUT2D eigenvalue weighted by Gasteiger charge is 2.16. The molecule has 2 nitrogen and oxygen atoms in total. The summed E-state index contributed by atoms with van der Waals surface area (Å²) in [6.45, 7) is 5.63. The van der Waals surface area contributed by atoms with Gasteiger partial charge < -0.3 is 10.2 Å². The summed E-state index contributed by atoms with van der Waals surface area (Å²) in [4.78, 5) is 2.54. The number of nitrogens with one attached hydrogen (secondary N) is 1. The van der Waals surface area contributed by atoms with E-state index in [1.165, 1.54) is 23.2 Å². The smallest absolute Gasteiger partial charge is 0.0402 e. The van der Waals surface area contributed by atoms with Crippen LogP contribution >= 0.6 is 0 Å². The van der Waals surface area contributed by atoms with Crippen LogP contribution in [0.4, 0.5) is 5.69 Å². The van der Waals surface area contributed by atoms with E-state index >= 15 is 0 Å². The zero-order chi connectivity index (χ0) is 14.5. The van der Waals surface area contributed by atoms with Crippen molar-refractivity contribution in [2.75, 3.05) is 24.5 Å². The normalized spacial score (nSPS) is 19.3. The Bertz CT molecular complexity index is 565. The predicted molar refractivity (Wildman–Crippen MR) is 90.0 cm³/mol. The second-order valence-electron chi connectivity index (χ2n) is 5.95. The highest BCUT2D eigenvalue weighted by Crippen LogP contribution is 2.24. The van der Waals surface area contributed by atoms with Crippen LogP contribution in [0.2, 0.25) is 0 Å². The van der Waals surface area contributed by atoms with Gasteiger partial charge in [0.25, 0.3) is 0 Å². The first-order chi connectivity index (χ1) is 10.3. The molecule has 0 amide bonds. The molecule has 2 aromatic rings. The first-order valence-electron chi connectivity index (χ1n) is 7.93. The van der Waals surface area contributed by atoms with E-state index in [1.807, 2.05) is 0 Å². The van der Waals surface area contributed by atoms with Gasteiger partial charge in [-0.25, -0.2) is 0 Å². The largest absolute Gasteiger partial charge is 0.370 e. The Morgan fingerprint density at radius 1 is 1.05 bits per heavy atom. The van der Waals surface area contributed by atoms with Gasteiger partial charge >= 0.3 is 0 Å². The molecular weight excluding hydrogens is 256 g/mol. The van der Waals surface area contributed by atoms with E-state index in [2.05, 4.69) is 71.7 Å². The average Bonchev–Trinajstić information content (AvgIpc) is 2.73. The first kappa shape index (κ1) is 14.2. The van der Waals surface area contributed by atoms with Gasteiger partial charge in [-0.1, -0.05) is 48.5 Å². The summed E-state index contributed by atoms with van der Waals surface area (Å²) in [5.41, 5.74) is 4.21. The lowest BCUT2D eigenvalue weighted by molar-refractivity contribution is 0.584. The molecule has 1 saturated heterocycles. The number of para-hydroxylation sites is 1. The van der Waals surface area contributed by atoms with Gasteiger partial charge in [0.15, 0.2) is 0 Å². The predicted octanol–water partition coefficient (Wildman–Crippen LogP) is 3.47. The van der Waals surface area contributed by atoms with Crippen LogP contribution < -0.4 is 10.2 Å². The Balaban J connectivity index is 1.85. The van der Waals surface area contributed by atoms with Gasteiger partial charge in [-0.15, -0.1) is 0 Å². The van der Waals surface area contributed by atoms with Crippen molar-refractivity contribution in [1.29, 1.82) is 0 Å². The van der Waals surface area contributed by atoms with Crippen LogP contribution in [0.15, 0.2) is 54.6 Å². The Morgan fingerprint density at radius 3 is 2.67 bits per heavy atom. The van der Waals surface area contributed by atoms with Gasteiger partial charge in [-0.3, -0.25) is 0 Å². The maximum absolute atomic E-state index is 3.57. The Labute approximate surface area is 127 Å². The zero-order valence-corrected chi connectivity index (χ0v) is 12.8. The number of nitrogens with zero attached hydrogens (tertiary/aromatic N) is 1. The minimum Gasteiger partial charge on any atom is -0.370 e. The Hall–Kier alpha value is -1.80. The molecule has 2 aromatic carbocycles. The maximum Gasteiger partial charge on any atom is 0.0402 e. The zero-order valence-electron chi connectivity index (χ0n) is 12.8. The van der Waals surface area contributed by atoms with Crippen LogP contribution in [-0.4, -0.2) is 25.7 Å². The third-order valence-electron chi connectivity index (χ3n) is 4.16. The summed E-state index contributed by atoms with van der Waals surface area (Å²) in [7, 11) is 0. The second kappa shape index (κ2) is 6.77. The van der Waals surface area contributed by atoms with Crippen molar-refractivity contribution in [3.63, 3.8) is 0 Å². The number of rotatable bonds is 3. The third-order valence-corrected chi connectivity index (χ3v) is 4.16. The fourth-order valence-electron chi connectivity index (χ4n) is 3.11. The number of anilines is 1. The molecule has 110 valence electrons. The second-order valence-corrected chi connectivity index (χ2v) is 5.95. The van der Waals surface area contributed by atoms with Crippen molar-refractivity contribution >= 4 is 5.69 Å². The lowest BCUT2D eigenvalue weighted by Crippen LogP contribution is -2.35. The number of benzene rings is 2. The van der Waals surface area contributed by atoms with Crippen molar-refractivity contribution in [3.05, 3.63) is 65.7 Å². The number of hydrogen-bond donors (Lipinski definition) is 1. The van der Waals surface area contributed by atoms with E-state index < -0.39 is 0 Å². The minimum absolute atomic E-state index is 0.553. The van der Waals surface area contributed by atoms with E-state index in [-0.39, 0.29) is 0 Å². The van der Waals surface area contributed by atoms with Crippen molar-refractivity contribution < 1.29 is 0 Å². The molecule has 21 heavy (non-hydrogen) atoms. The van der Waals surface area contributed by atoms with Gasteiger partial charge in [0.05, 0.1) is 0 Å². The summed E-state index contributed by atoms with van der Waals surface area (Å²) in [5, 5.41) is 3.57. The third kappa shape index (κ3) is 3.64. The topological polar surface area (TPSA) is 15.3 Å². The van der Waals surface area contributed by atoms with E-state index in [1.54, 1.807) is 0 Å². The molecule has 1 atom stereocenters. The quantitative estimate of drug-likeness (QED) is 0.926. The van der Waals surface area contributed by atoms with Gasteiger partial charge in [0, 0.05) is 24.8 Å². The van der Waals surface area contributed by atoms with Crippen LogP contribution in [0.5, 0.6) is 0 Å². The maximum atomic E-state index is 3.57. The molecule has 0 spiro atoms. The monoisotopic (exact) mass is 280 g/mol. The van der Waals surface area contributed by atoms with Crippen molar-refractivity contribution in [1.82, 2.24) is 5.32 Å². The molecule has 0 radical (unpaired) electrons. The highest BCUT2D eigenvalue weighted by atomic mass is 15.2. The SMILES string of the molecule is CC1CN(c2ccccc2Cc2ccccc2)CCCN1. The van der Waals surface area contributed by atoms with Crippen molar-refractivity contribution in [3.8, 4) is 0 Å². The van der Waals surface area contributed by atoms with Gasteiger partial charge in [0.2, 0.25) is 0 Å². The summed E-state index contributed by atoms with van der Waals surface area (Å²) < 4.78 is 0. The van der Waals surface area contributed by atoms with Crippen LogP contribution in [0.1, 0.15) is 24.5 Å². The lowest BCUT2D eigenvalue weighted by Gasteiger charge is -2.27. The molecule has 0 bridgehead atoms. The fourth-order valence-corrected chi connectivity index (χ4v) is 3.11. The molecular formula is C19H24N2. The molecule has 1 unspecified atom stereocenters. The molecule has 3 rings (SSSR count). The highest BCUT2D eigenvalue weighted by molar-refractivity contribution is 5.55. The van der Waals surface area contributed by atoms with E-state index in [9.17, 15) is 0 Å². The van der Waals surface area contributed by atoms with Crippen molar-refractivity contribution in [2.45, 2.75) is 25.8 Å². The van der Waals surface area contributed by atoms with E-state index in [4.69, 9.17) is 0 Å². The van der Waals surface area contributed by atoms with E-state index in [0.29, 0.717) is 6.04 Å². The number of hydrogen-bond acceptors (Lipinski definition) is 2. The molecule has 1 N–H and O–H groups in total. The molecule has 1 heterocycles. The van der Waals surface area contributed by atoms with E-state index in [0.717, 1.165) is 26.1 Å². The molecule has 1 aliphatic rings. The van der Waals surface area contributed by atoms with Gasteiger partial charge in [-0.05, 0) is 43.5 Å². The lowest BCUT2D eigenvalue weighted by atomic mass is 10.0. The van der Waals surface area contributed by atoms with Gasteiger partial charge in [-0.2, -0.15) is 0 Å². The minimum atomic E-state index is 0.553. The molecule has 0 aliphatic carbocycles. The molecule has 1 aliphatic heterocycles. The molecule has 2 heteroatoms. The first-order valence-corrected chi connectivity index (χ1v) is 7.93. The summed E-state index contributed by atoms with van der Waals surface area (Å²) in [6, 6.07) is 20.2. The average molecular weight is 280 g/mol. The summed E-state index contributed by atoms with van der Waals surface area (Å²) >= 11 is 0. The summed E-state index contributed by atoms with van der Waals surface area (Å²) in [5.74, 6) is 0. The standard InChI is InChI=1S/C19H24N2/c1-16-15-21(13-7-12-20-16)19-11-6-5-10-18(19)14-17-8-3-2-4-9-17/h2-6,8-11,16,20H,7,12-15H2,1H3. The molecule has 1 fully saturated rings. The molecule has 0 aromatic heterocycles. The van der Waals surface area contributed by atoms with Crippen LogP contribution in [-0.2, 0) is 6.42 Å². The summed E-state index contributed by atoms with van der Waals surface area (Å²) in [6.07, 6.45) is 2.22. The van der Waals surface area contributed by atoms with Crippen molar-refractivity contribution in [2.24, 2.45) is 0 Å². The van der Waals surface area contributed by atoms with Crippen LogP contribution in [0.3, 0.4) is 0 Å². The Kier molecular flexibility index (Phi) is 4.56.